The molecule has 1 amide bonds. The Hall–Kier alpha value is -3.08. The summed E-state index contributed by atoms with van der Waals surface area (Å²) < 4.78 is 0. The topological polar surface area (TPSA) is 77.5 Å². The number of rotatable bonds is 3. The van der Waals surface area contributed by atoms with Crippen LogP contribution in [0.5, 0.6) is 5.75 Å². The third-order valence-corrected chi connectivity index (χ3v) is 3.08. The average Bonchev–Trinajstić information content (AvgIpc) is 2.93. The molecule has 3 rings (SSSR count). The number of aromatic nitrogens is 1. The van der Waals surface area contributed by atoms with Crippen LogP contribution in [0.25, 0.3) is 10.9 Å². The zero-order chi connectivity index (χ0) is 14.7. The lowest BCUT2D eigenvalue weighted by molar-refractivity contribution is 0.0951. The van der Waals surface area contributed by atoms with Crippen molar-refractivity contribution in [2.45, 2.75) is 0 Å². The Morgan fingerprint density at radius 3 is 2.71 bits per heavy atom. The second-order valence-electron chi connectivity index (χ2n) is 4.53. The van der Waals surface area contributed by atoms with Crippen LogP contribution in [-0.4, -0.2) is 22.2 Å². The number of nitrogens with zero attached hydrogens (tertiary/aromatic N) is 1. The van der Waals surface area contributed by atoms with Crippen molar-refractivity contribution < 1.29 is 9.90 Å². The summed E-state index contributed by atoms with van der Waals surface area (Å²) in [5.41, 5.74) is 4.29. The van der Waals surface area contributed by atoms with Crippen molar-refractivity contribution in [2.75, 3.05) is 0 Å². The normalized spacial score (nSPS) is 11.0. The van der Waals surface area contributed by atoms with E-state index in [9.17, 15) is 9.90 Å². The number of phenolic OH excluding ortho intramolecular Hbond substituents is 1. The Kier molecular flexibility index (Phi) is 3.39. The van der Waals surface area contributed by atoms with Gasteiger partial charge in [0.15, 0.2) is 0 Å². The van der Waals surface area contributed by atoms with Crippen molar-refractivity contribution in [1.29, 1.82) is 0 Å². The van der Waals surface area contributed by atoms with Crippen LogP contribution in [0.4, 0.5) is 0 Å². The molecule has 1 heterocycles. The summed E-state index contributed by atoms with van der Waals surface area (Å²) >= 11 is 0. The van der Waals surface area contributed by atoms with Gasteiger partial charge in [0, 0.05) is 16.5 Å². The van der Waals surface area contributed by atoms with Gasteiger partial charge in [-0.15, -0.1) is 0 Å². The lowest BCUT2D eigenvalue weighted by atomic mass is 10.2. The Bertz CT molecular complexity index is 788. The first-order valence-corrected chi connectivity index (χ1v) is 6.43. The van der Waals surface area contributed by atoms with Crippen LogP contribution >= 0.6 is 0 Å². The molecule has 0 bridgehead atoms. The van der Waals surface area contributed by atoms with E-state index in [0.717, 1.165) is 10.9 Å². The number of hydrazone groups is 1. The van der Waals surface area contributed by atoms with Crippen molar-refractivity contribution in [3.05, 3.63) is 65.9 Å². The van der Waals surface area contributed by atoms with Crippen LogP contribution in [0, 0.1) is 0 Å². The molecule has 0 aliphatic heterocycles. The van der Waals surface area contributed by atoms with E-state index >= 15 is 0 Å². The predicted octanol–water partition coefficient (Wildman–Crippen LogP) is 2.64. The summed E-state index contributed by atoms with van der Waals surface area (Å²) in [4.78, 5) is 15.0. The minimum absolute atomic E-state index is 0.112. The highest BCUT2D eigenvalue weighted by atomic mass is 16.3. The molecule has 3 N–H and O–H groups in total. The van der Waals surface area contributed by atoms with E-state index in [1.165, 1.54) is 6.21 Å². The van der Waals surface area contributed by atoms with Crippen molar-refractivity contribution in [2.24, 2.45) is 5.10 Å². The molecule has 5 nitrogen and oxygen atoms in total. The van der Waals surface area contributed by atoms with E-state index in [4.69, 9.17) is 0 Å². The van der Waals surface area contributed by atoms with Gasteiger partial charge >= 0.3 is 0 Å². The van der Waals surface area contributed by atoms with Gasteiger partial charge in [-0.1, -0.05) is 30.3 Å². The number of phenols is 1. The summed E-state index contributed by atoms with van der Waals surface area (Å²) in [6.07, 6.45) is 1.40. The third-order valence-electron chi connectivity index (χ3n) is 3.08. The fraction of sp³-hybridized carbons (Fsp3) is 0. The quantitative estimate of drug-likeness (QED) is 0.509. The highest BCUT2D eigenvalue weighted by molar-refractivity contribution is 5.98. The lowest BCUT2D eigenvalue weighted by Crippen LogP contribution is -2.17. The van der Waals surface area contributed by atoms with Crippen molar-refractivity contribution >= 4 is 23.0 Å². The average molecular weight is 279 g/mol. The molecule has 1 aromatic heterocycles. The lowest BCUT2D eigenvalue weighted by Gasteiger charge is -1.98. The van der Waals surface area contributed by atoms with Gasteiger partial charge in [-0.3, -0.25) is 4.79 Å². The molecular formula is C16H13N3O2. The van der Waals surface area contributed by atoms with E-state index in [-0.39, 0.29) is 11.7 Å². The van der Waals surface area contributed by atoms with Gasteiger partial charge in [0.05, 0.1) is 6.21 Å². The van der Waals surface area contributed by atoms with Crippen LogP contribution in [0.1, 0.15) is 16.1 Å². The summed E-state index contributed by atoms with van der Waals surface area (Å²) in [6, 6.07) is 16.2. The Morgan fingerprint density at radius 1 is 1.14 bits per heavy atom. The van der Waals surface area contributed by atoms with Crippen molar-refractivity contribution in [1.82, 2.24) is 10.4 Å². The maximum atomic E-state index is 12.0. The molecule has 0 saturated heterocycles. The van der Waals surface area contributed by atoms with Gasteiger partial charge in [-0.05, 0) is 24.3 Å². The number of benzene rings is 2. The summed E-state index contributed by atoms with van der Waals surface area (Å²) in [5, 5.41) is 14.4. The molecule has 0 aliphatic carbocycles. The van der Waals surface area contributed by atoms with Gasteiger partial charge in [-0.25, -0.2) is 5.43 Å². The molecule has 5 heteroatoms. The first-order valence-electron chi connectivity index (χ1n) is 6.43. The number of carbonyl (C=O) groups is 1. The van der Waals surface area contributed by atoms with Crippen LogP contribution in [0.2, 0.25) is 0 Å². The molecule has 104 valence electrons. The molecule has 0 aliphatic rings. The molecule has 0 radical (unpaired) electrons. The van der Waals surface area contributed by atoms with Crippen LogP contribution in [0.3, 0.4) is 0 Å². The third kappa shape index (κ3) is 2.76. The van der Waals surface area contributed by atoms with Gasteiger partial charge < -0.3 is 10.1 Å². The van der Waals surface area contributed by atoms with E-state index in [2.05, 4.69) is 15.5 Å². The molecule has 2 aromatic carbocycles. The zero-order valence-corrected chi connectivity index (χ0v) is 11.1. The molecule has 0 atom stereocenters. The van der Waals surface area contributed by atoms with E-state index in [1.807, 2.05) is 24.3 Å². The van der Waals surface area contributed by atoms with Crippen molar-refractivity contribution in [3.63, 3.8) is 0 Å². The number of para-hydroxylation sites is 2. The fourth-order valence-electron chi connectivity index (χ4n) is 2.01. The predicted molar refractivity (Wildman–Crippen MR) is 81.5 cm³/mol. The van der Waals surface area contributed by atoms with Crippen molar-refractivity contribution in [3.8, 4) is 5.75 Å². The summed E-state index contributed by atoms with van der Waals surface area (Å²) in [7, 11) is 0. The van der Waals surface area contributed by atoms with Gasteiger partial charge in [0.25, 0.3) is 5.91 Å². The number of amides is 1. The molecular weight excluding hydrogens is 266 g/mol. The molecule has 0 saturated carbocycles. The smallest absolute Gasteiger partial charge is 0.287 e. The Balaban J connectivity index is 1.73. The molecule has 3 aromatic rings. The Labute approximate surface area is 120 Å². The highest BCUT2D eigenvalue weighted by Gasteiger charge is 2.07. The first kappa shape index (κ1) is 12.9. The minimum Gasteiger partial charge on any atom is -0.507 e. The fourth-order valence-corrected chi connectivity index (χ4v) is 2.01. The maximum absolute atomic E-state index is 12.0. The summed E-state index contributed by atoms with van der Waals surface area (Å²) in [6.45, 7) is 0. The van der Waals surface area contributed by atoms with E-state index < -0.39 is 0 Å². The second-order valence-corrected chi connectivity index (χ2v) is 4.53. The standard InChI is InChI=1S/C16H13N3O2/c20-15-8-4-2-6-12(15)10-17-19-16(21)14-9-11-5-1-3-7-13(11)18-14/h1-10,18,20H,(H,19,21). The SMILES string of the molecule is O=C(NN=Cc1ccccc1O)c1cc2ccccc2[nH]1. The monoisotopic (exact) mass is 279 g/mol. The maximum Gasteiger partial charge on any atom is 0.287 e. The van der Waals surface area contributed by atoms with E-state index in [0.29, 0.717) is 11.3 Å². The minimum atomic E-state index is -0.335. The number of nitrogens with one attached hydrogen (secondary N) is 2. The van der Waals surface area contributed by atoms with Gasteiger partial charge in [0.2, 0.25) is 0 Å². The largest absolute Gasteiger partial charge is 0.507 e. The number of H-pyrrole nitrogens is 1. The number of aromatic amines is 1. The number of aromatic hydroxyl groups is 1. The number of hydrogen-bond donors (Lipinski definition) is 3. The molecule has 0 fully saturated rings. The number of carbonyl (C=O) groups excluding carboxylic acids is 1. The van der Waals surface area contributed by atoms with Gasteiger partial charge in [0.1, 0.15) is 11.4 Å². The summed E-state index contributed by atoms with van der Waals surface area (Å²) in [5.74, 6) is -0.223. The number of fused-ring (bicyclic) bond motifs is 1. The first-order chi connectivity index (χ1) is 10.2. The molecule has 21 heavy (non-hydrogen) atoms. The Morgan fingerprint density at radius 2 is 1.90 bits per heavy atom. The van der Waals surface area contributed by atoms with E-state index in [1.54, 1.807) is 30.3 Å². The zero-order valence-electron chi connectivity index (χ0n) is 11.1. The van der Waals surface area contributed by atoms with Crippen LogP contribution < -0.4 is 5.43 Å². The number of hydrogen-bond acceptors (Lipinski definition) is 3. The van der Waals surface area contributed by atoms with Gasteiger partial charge in [-0.2, -0.15) is 5.10 Å². The molecule has 0 spiro atoms. The van der Waals surface area contributed by atoms with Crippen LogP contribution in [0.15, 0.2) is 59.7 Å². The highest BCUT2D eigenvalue weighted by Crippen LogP contribution is 2.15. The molecule has 0 unspecified atom stereocenters. The second kappa shape index (κ2) is 5.50. The van der Waals surface area contributed by atoms with Crippen LogP contribution in [-0.2, 0) is 0 Å².